The van der Waals surface area contributed by atoms with E-state index in [9.17, 15) is 4.79 Å². The number of nitrogens with zero attached hydrogens (tertiary/aromatic N) is 2. The molecule has 2 N–H and O–H groups in total. The number of thiazole rings is 1. The summed E-state index contributed by atoms with van der Waals surface area (Å²) in [6.45, 7) is 4.21. The van der Waals surface area contributed by atoms with Crippen LogP contribution in [-0.4, -0.2) is 28.9 Å². The van der Waals surface area contributed by atoms with Crippen LogP contribution in [0, 0.1) is 5.92 Å². The average Bonchev–Trinajstić information content (AvgIpc) is 3.10. The van der Waals surface area contributed by atoms with Crippen molar-refractivity contribution in [2.45, 2.75) is 32.2 Å². The van der Waals surface area contributed by atoms with Gasteiger partial charge in [0.25, 0.3) is 5.91 Å². The number of benzene rings is 1. The molecule has 23 heavy (non-hydrogen) atoms. The number of nitrogens with two attached hydrogens (primary N) is 1. The van der Waals surface area contributed by atoms with Crippen LogP contribution in [0.2, 0.25) is 0 Å². The van der Waals surface area contributed by atoms with E-state index >= 15 is 0 Å². The van der Waals surface area contributed by atoms with Gasteiger partial charge in [0.15, 0.2) is 0 Å². The number of hydrogen-bond acceptors (Lipinski definition) is 4. The molecule has 0 bridgehead atoms. The second-order valence-electron chi connectivity index (χ2n) is 6.06. The van der Waals surface area contributed by atoms with Crippen LogP contribution in [0.3, 0.4) is 0 Å². The quantitative estimate of drug-likeness (QED) is 0.936. The molecule has 4 nitrogen and oxygen atoms in total. The summed E-state index contributed by atoms with van der Waals surface area (Å²) in [5.74, 6) is 1.09. The largest absolute Gasteiger partial charge is 0.337 e. The predicted octanol–water partition coefficient (Wildman–Crippen LogP) is 3.26. The Bertz CT molecular complexity index is 655. The maximum absolute atomic E-state index is 12.7. The lowest BCUT2D eigenvalue weighted by atomic mass is 9.79. The van der Waals surface area contributed by atoms with Gasteiger partial charge in [-0.05, 0) is 23.8 Å². The number of piperidine rings is 1. The van der Waals surface area contributed by atoms with E-state index in [2.05, 4.69) is 42.2 Å². The first-order valence-corrected chi connectivity index (χ1v) is 9.09. The first-order chi connectivity index (χ1) is 11.2. The fourth-order valence-corrected chi connectivity index (χ4v) is 4.08. The molecule has 1 aromatic heterocycles. The van der Waals surface area contributed by atoms with E-state index in [0.29, 0.717) is 24.1 Å². The summed E-state index contributed by atoms with van der Waals surface area (Å²) in [5, 5.41) is 2.65. The Labute approximate surface area is 141 Å². The summed E-state index contributed by atoms with van der Waals surface area (Å²) in [6.07, 6.45) is 2.09. The molecule has 0 aliphatic carbocycles. The predicted molar refractivity (Wildman–Crippen MR) is 93.5 cm³/mol. The Balaban J connectivity index is 1.72. The minimum absolute atomic E-state index is 0.0471. The van der Waals surface area contributed by atoms with Gasteiger partial charge in [0.2, 0.25) is 0 Å². The van der Waals surface area contributed by atoms with Crippen LogP contribution in [-0.2, 0) is 6.54 Å². The molecule has 1 aliphatic heterocycles. The number of aromatic nitrogens is 1. The Morgan fingerprint density at radius 2 is 2.17 bits per heavy atom. The van der Waals surface area contributed by atoms with Crippen molar-refractivity contribution >= 4 is 17.2 Å². The van der Waals surface area contributed by atoms with E-state index in [1.165, 1.54) is 16.9 Å². The molecule has 122 valence electrons. The molecule has 2 aromatic rings. The Hall–Kier alpha value is -1.72. The number of carbonyl (C=O) groups excluding carboxylic acids is 1. The highest BCUT2D eigenvalue weighted by atomic mass is 32.1. The SMILES string of the molecule is CCC1CN(C(=O)c2csc(CN)n2)CCC1c1ccccc1. The van der Waals surface area contributed by atoms with Crippen molar-refractivity contribution in [2.24, 2.45) is 11.7 Å². The van der Waals surface area contributed by atoms with Crippen molar-refractivity contribution in [3.63, 3.8) is 0 Å². The van der Waals surface area contributed by atoms with E-state index in [-0.39, 0.29) is 5.91 Å². The van der Waals surface area contributed by atoms with Crippen molar-refractivity contribution < 1.29 is 4.79 Å². The average molecular weight is 329 g/mol. The van der Waals surface area contributed by atoms with Crippen LogP contribution in [0.5, 0.6) is 0 Å². The fraction of sp³-hybridized carbons (Fsp3) is 0.444. The molecule has 1 aliphatic rings. The van der Waals surface area contributed by atoms with Gasteiger partial charge in [0, 0.05) is 25.0 Å². The van der Waals surface area contributed by atoms with Gasteiger partial charge in [-0.15, -0.1) is 11.3 Å². The van der Waals surface area contributed by atoms with E-state index in [4.69, 9.17) is 5.73 Å². The number of rotatable bonds is 4. The minimum atomic E-state index is 0.0471. The highest BCUT2D eigenvalue weighted by molar-refractivity contribution is 7.09. The molecule has 0 saturated carbocycles. The fourth-order valence-electron chi connectivity index (χ4n) is 3.43. The van der Waals surface area contributed by atoms with Crippen LogP contribution in [0.15, 0.2) is 35.7 Å². The molecule has 2 atom stereocenters. The van der Waals surface area contributed by atoms with Gasteiger partial charge in [0.1, 0.15) is 10.7 Å². The molecular weight excluding hydrogens is 306 g/mol. The highest BCUT2D eigenvalue weighted by Gasteiger charge is 2.32. The second-order valence-corrected chi connectivity index (χ2v) is 7.00. The number of amides is 1. The monoisotopic (exact) mass is 329 g/mol. The summed E-state index contributed by atoms with van der Waals surface area (Å²) in [5.41, 5.74) is 7.53. The molecular formula is C18H23N3OS. The van der Waals surface area contributed by atoms with E-state index in [0.717, 1.165) is 30.9 Å². The Morgan fingerprint density at radius 3 is 2.83 bits per heavy atom. The number of likely N-dealkylation sites (tertiary alicyclic amines) is 1. The molecule has 0 radical (unpaired) electrons. The van der Waals surface area contributed by atoms with Gasteiger partial charge in [-0.25, -0.2) is 4.98 Å². The topological polar surface area (TPSA) is 59.2 Å². The Morgan fingerprint density at radius 1 is 1.39 bits per heavy atom. The lowest BCUT2D eigenvalue weighted by molar-refractivity contribution is 0.0640. The zero-order valence-corrected chi connectivity index (χ0v) is 14.3. The summed E-state index contributed by atoms with van der Waals surface area (Å²) in [7, 11) is 0. The first kappa shape index (κ1) is 16.1. The second kappa shape index (κ2) is 7.23. The van der Waals surface area contributed by atoms with Crippen molar-refractivity contribution in [3.05, 3.63) is 52.0 Å². The lowest BCUT2D eigenvalue weighted by Crippen LogP contribution is -2.43. The van der Waals surface area contributed by atoms with Crippen LogP contribution < -0.4 is 5.73 Å². The normalized spacial score (nSPS) is 21.4. The van der Waals surface area contributed by atoms with Gasteiger partial charge >= 0.3 is 0 Å². The van der Waals surface area contributed by atoms with Gasteiger partial charge in [-0.1, -0.05) is 43.7 Å². The third-order valence-electron chi connectivity index (χ3n) is 4.72. The van der Waals surface area contributed by atoms with Crippen LogP contribution in [0.25, 0.3) is 0 Å². The zero-order chi connectivity index (χ0) is 16.2. The standard InChI is InChI=1S/C18H23N3OS/c1-2-13-11-21(18(22)16-12-23-17(10-19)20-16)9-8-15(13)14-6-4-3-5-7-14/h3-7,12-13,15H,2,8-11,19H2,1H3. The molecule has 1 fully saturated rings. The third-order valence-corrected chi connectivity index (χ3v) is 5.59. The number of hydrogen-bond donors (Lipinski definition) is 1. The molecule has 1 aromatic carbocycles. The smallest absolute Gasteiger partial charge is 0.273 e. The van der Waals surface area contributed by atoms with Crippen LogP contribution >= 0.6 is 11.3 Å². The summed E-state index contributed by atoms with van der Waals surface area (Å²) < 4.78 is 0. The maximum atomic E-state index is 12.7. The molecule has 1 amide bonds. The Kier molecular flexibility index (Phi) is 5.08. The van der Waals surface area contributed by atoms with Crippen molar-refractivity contribution in [3.8, 4) is 0 Å². The van der Waals surface area contributed by atoms with Crippen molar-refractivity contribution in [1.82, 2.24) is 9.88 Å². The summed E-state index contributed by atoms with van der Waals surface area (Å²) >= 11 is 1.46. The lowest BCUT2D eigenvalue weighted by Gasteiger charge is -2.38. The van der Waals surface area contributed by atoms with E-state index < -0.39 is 0 Å². The summed E-state index contributed by atoms with van der Waals surface area (Å²) in [6, 6.07) is 10.7. The zero-order valence-electron chi connectivity index (χ0n) is 13.4. The van der Waals surface area contributed by atoms with Crippen molar-refractivity contribution in [2.75, 3.05) is 13.1 Å². The maximum Gasteiger partial charge on any atom is 0.273 e. The molecule has 0 spiro atoms. The van der Waals surface area contributed by atoms with Crippen LogP contribution in [0.1, 0.15) is 46.7 Å². The summed E-state index contributed by atoms with van der Waals surface area (Å²) in [4.78, 5) is 19.0. The molecule has 2 heterocycles. The van der Waals surface area contributed by atoms with E-state index in [1.54, 1.807) is 0 Å². The molecule has 2 unspecified atom stereocenters. The van der Waals surface area contributed by atoms with Crippen molar-refractivity contribution in [1.29, 1.82) is 0 Å². The molecule has 5 heteroatoms. The van der Waals surface area contributed by atoms with E-state index in [1.807, 2.05) is 10.3 Å². The number of carbonyl (C=O) groups is 1. The van der Waals surface area contributed by atoms with Gasteiger partial charge in [-0.2, -0.15) is 0 Å². The van der Waals surface area contributed by atoms with Gasteiger partial charge in [0.05, 0.1) is 0 Å². The van der Waals surface area contributed by atoms with Crippen LogP contribution in [0.4, 0.5) is 0 Å². The minimum Gasteiger partial charge on any atom is -0.337 e. The highest BCUT2D eigenvalue weighted by Crippen LogP contribution is 2.35. The van der Waals surface area contributed by atoms with Gasteiger partial charge < -0.3 is 10.6 Å². The molecule has 1 saturated heterocycles. The first-order valence-electron chi connectivity index (χ1n) is 8.21. The third kappa shape index (κ3) is 3.46. The van der Waals surface area contributed by atoms with Gasteiger partial charge in [-0.3, -0.25) is 4.79 Å². The molecule has 3 rings (SSSR count).